The van der Waals surface area contributed by atoms with Crippen LogP contribution in [0, 0.1) is 6.92 Å². The summed E-state index contributed by atoms with van der Waals surface area (Å²) in [5.41, 5.74) is 28.0. The van der Waals surface area contributed by atoms with Crippen molar-refractivity contribution >= 4 is 74.3 Å². The van der Waals surface area contributed by atoms with Crippen LogP contribution in [0.1, 0.15) is 161 Å². The van der Waals surface area contributed by atoms with Crippen molar-refractivity contribution in [1.82, 2.24) is 0 Å². The van der Waals surface area contributed by atoms with E-state index in [4.69, 9.17) is 0 Å². The molecular weight excluding hydrogens is 930 g/mol. The zero-order chi connectivity index (χ0) is 53.8. The van der Waals surface area contributed by atoms with Crippen molar-refractivity contribution in [2.75, 3.05) is 14.7 Å². The molecule has 2 aliphatic heterocycles. The highest BCUT2D eigenvalue weighted by Gasteiger charge is 2.49. The van der Waals surface area contributed by atoms with Crippen LogP contribution in [0.4, 0.5) is 51.2 Å². The summed E-state index contributed by atoms with van der Waals surface area (Å²) in [7, 11) is 0. The van der Waals surface area contributed by atoms with Crippen molar-refractivity contribution < 1.29 is 0 Å². The van der Waals surface area contributed by atoms with Gasteiger partial charge in [-0.15, -0.1) is 0 Å². The van der Waals surface area contributed by atoms with Crippen LogP contribution in [0.25, 0.3) is 11.1 Å². The van der Waals surface area contributed by atoms with Crippen LogP contribution in [0.15, 0.2) is 164 Å². The van der Waals surface area contributed by atoms with Gasteiger partial charge in [-0.2, -0.15) is 0 Å². The summed E-state index contributed by atoms with van der Waals surface area (Å²) in [6, 6.07) is 63.9. The number of hydrogen-bond donors (Lipinski definition) is 0. The molecule has 4 heteroatoms. The molecule has 3 aliphatic carbocycles. The first-order chi connectivity index (χ1) is 36.5. The van der Waals surface area contributed by atoms with Crippen LogP contribution < -0.4 is 31.1 Å². The van der Waals surface area contributed by atoms with E-state index >= 15 is 0 Å². The third kappa shape index (κ3) is 7.80. The average Bonchev–Trinajstić information content (AvgIpc) is 3.54. The molecule has 0 saturated heterocycles. The van der Waals surface area contributed by atoms with E-state index in [1.807, 2.05) is 0 Å². The molecule has 8 aromatic rings. The molecule has 0 spiro atoms. The predicted molar refractivity (Wildman–Crippen MR) is 331 cm³/mol. The topological polar surface area (TPSA) is 9.72 Å². The zero-order valence-corrected chi connectivity index (χ0v) is 48.3. The Bertz CT molecular complexity index is 3630. The second-order valence-electron chi connectivity index (χ2n) is 27.8. The Labute approximate surface area is 461 Å². The molecule has 77 heavy (non-hydrogen) atoms. The molecule has 5 aliphatic rings. The molecule has 0 fully saturated rings. The summed E-state index contributed by atoms with van der Waals surface area (Å²) in [6.45, 7) is 32.1. The maximum atomic E-state index is 2.73. The lowest BCUT2D eigenvalue weighted by Gasteiger charge is -2.48. The van der Waals surface area contributed by atoms with Crippen LogP contribution >= 0.6 is 0 Å². The lowest BCUT2D eigenvalue weighted by Crippen LogP contribution is -2.62. The Morgan fingerprint density at radius 3 is 1.32 bits per heavy atom. The van der Waals surface area contributed by atoms with Crippen LogP contribution in [-0.4, -0.2) is 6.71 Å². The number of hydrogen-bond acceptors (Lipinski definition) is 3. The normalized spacial score (nSPS) is 19.2. The summed E-state index contributed by atoms with van der Waals surface area (Å²) in [5, 5.41) is 0. The maximum absolute atomic E-state index is 2.73. The number of anilines is 9. The van der Waals surface area contributed by atoms with Crippen molar-refractivity contribution in [1.29, 1.82) is 0 Å². The number of rotatable bonds is 6. The first-order valence-electron chi connectivity index (χ1n) is 28.9. The summed E-state index contributed by atoms with van der Waals surface area (Å²) >= 11 is 0. The second kappa shape index (κ2) is 17.1. The van der Waals surface area contributed by atoms with E-state index in [2.05, 4.69) is 269 Å². The molecule has 0 unspecified atom stereocenters. The van der Waals surface area contributed by atoms with E-state index in [0.29, 0.717) is 0 Å². The van der Waals surface area contributed by atoms with Crippen LogP contribution in [0.2, 0.25) is 0 Å². The van der Waals surface area contributed by atoms with Crippen molar-refractivity contribution in [3.8, 4) is 11.1 Å². The molecule has 2 heterocycles. The Kier molecular flexibility index (Phi) is 11.1. The van der Waals surface area contributed by atoms with E-state index in [1.54, 1.807) is 0 Å². The van der Waals surface area contributed by atoms with Crippen LogP contribution in [0.5, 0.6) is 0 Å². The molecule has 13 rings (SSSR count). The van der Waals surface area contributed by atoms with Gasteiger partial charge in [0, 0.05) is 45.5 Å². The minimum absolute atomic E-state index is 0.00614. The molecule has 0 atom stereocenters. The quantitative estimate of drug-likeness (QED) is 0.154. The molecule has 8 aromatic carbocycles. The molecule has 388 valence electrons. The van der Waals surface area contributed by atoms with E-state index in [1.165, 1.54) is 113 Å². The van der Waals surface area contributed by atoms with E-state index in [9.17, 15) is 0 Å². The Morgan fingerprint density at radius 1 is 0.338 bits per heavy atom. The van der Waals surface area contributed by atoms with Gasteiger partial charge in [0.15, 0.2) is 0 Å². The molecule has 0 aromatic heterocycles. The number of nitrogens with zero attached hydrogens (tertiary/aromatic N) is 3. The lowest BCUT2D eigenvalue weighted by molar-refractivity contribution is 0.332. The van der Waals surface area contributed by atoms with Gasteiger partial charge in [0.05, 0.1) is 5.69 Å². The third-order valence-corrected chi connectivity index (χ3v) is 19.9. The molecule has 0 bridgehead atoms. The van der Waals surface area contributed by atoms with E-state index < -0.39 is 0 Å². The van der Waals surface area contributed by atoms with Gasteiger partial charge >= 0.3 is 0 Å². The minimum atomic E-state index is -0.0513. The Balaban J connectivity index is 1.20. The van der Waals surface area contributed by atoms with Gasteiger partial charge in [-0.1, -0.05) is 180 Å². The van der Waals surface area contributed by atoms with Gasteiger partial charge in [-0.3, -0.25) is 0 Å². The molecule has 3 nitrogen and oxygen atoms in total. The van der Waals surface area contributed by atoms with Gasteiger partial charge < -0.3 is 14.7 Å². The molecule has 0 saturated carbocycles. The molecule has 0 radical (unpaired) electrons. The summed E-state index contributed by atoms with van der Waals surface area (Å²) < 4.78 is 0. The highest BCUT2D eigenvalue weighted by molar-refractivity contribution is 7.00. The monoisotopic (exact) mass is 1010 g/mol. The van der Waals surface area contributed by atoms with Gasteiger partial charge in [0.2, 0.25) is 0 Å². The molecular formula is C73H78BN3. The minimum Gasteiger partial charge on any atom is -0.311 e. The number of fused-ring (bicyclic) bond motifs is 7. The first kappa shape index (κ1) is 49.8. The fourth-order valence-electron chi connectivity index (χ4n) is 14.8. The van der Waals surface area contributed by atoms with Crippen molar-refractivity contribution in [3.05, 3.63) is 203 Å². The fourth-order valence-corrected chi connectivity index (χ4v) is 14.8. The Morgan fingerprint density at radius 2 is 0.779 bits per heavy atom. The summed E-state index contributed by atoms with van der Waals surface area (Å²) in [6.07, 6.45) is 6.97. The first-order valence-corrected chi connectivity index (χ1v) is 28.9. The van der Waals surface area contributed by atoms with Crippen molar-refractivity contribution in [2.24, 2.45) is 0 Å². The summed E-state index contributed by atoms with van der Waals surface area (Å²) in [5.74, 6) is 0. The second-order valence-corrected chi connectivity index (χ2v) is 27.8. The van der Waals surface area contributed by atoms with Gasteiger partial charge in [-0.25, -0.2) is 0 Å². The van der Waals surface area contributed by atoms with Gasteiger partial charge in [0.25, 0.3) is 6.71 Å². The SMILES string of the molecule is Cc1cc2c(cc1N1c3ccc(-c4ccccc4)cc3B3c4cc5c(cc4N(c4ccc6c(c4)C(C)(C)CCC6(C)C)c4cc(N(c6ccccc6)c6ccccc6)cc1c43)C(C)(C)CCC5(C)C)C(C)(C)CCC2(C)C. The van der Waals surface area contributed by atoms with Crippen molar-refractivity contribution in [3.63, 3.8) is 0 Å². The number of para-hydroxylation sites is 2. The van der Waals surface area contributed by atoms with E-state index in [-0.39, 0.29) is 39.2 Å². The Hall–Kier alpha value is -6.78. The fraction of sp³-hybridized carbons (Fsp3) is 0.342. The van der Waals surface area contributed by atoms with Gasteiger partial charge in [0.1, 0.15) is 0 Å². The highest BCUT2D eigenvalue weighted by atomic mass is 15.2. The summed E-state index contributed by atoms with van der Waals surface area (Å²) in [4.78, 5) is 7.93. The van der Waals surface area contributed by atoms with E-state index in [0.717, 1.165) is 42.7 Å². The maximum Gasteiger partial charge on any atom is 0.252 e. The number of aryl methyl sites for hydroxylation is 1. The lowest BCUT2D eigenvalue weighted by atomic mass is 9.33. The smallest absolute Gasteiger partial charge is 0.252 e. The zero-order valence-electron chi connectivity index (χ0n) is 48.3. The van der Waals surface area contributed by atoms with Crippen molar-refractivity contribution in [2.45, 2.75) is 161 Å². The van der Waals surface area contributed by atoms with Crippen LogP contribution in [0.3, 0.4) is 0 Å². The molecule has 0 N–H and O–H groups in total. The molecule has 0 amide bonds. The highest BCUT2D eigenvalue weighted by Crippen LogP contribution is 2.55. The third-order valence-electron chi connectivity index (χ3n) is 19.9. The largest absolute Gasteiger partial charge is 0.311 e. The average molecular weight is 1010 g/mol. The number of benzene rings is 8. The standard InChI is InChI=1S/C73H78BN3/c1-47-39-55-58(72(10,11)37-35-69(55,4)5)45-63(47)77-62-32-29-49(48-23-17-14-18-24-48)40-60(62)74-61-44-57-59(73(12,13)38-36-71(57,8)9)46-64(61)76(52-30-31-54-56(41-52)70(6,7)34-33-68(54,2)3)65-42-53(43-66(77)67(65)74)75(50-25-19-15-20-26-50)51-27-21-16-22-28-51/h14-32,39-46H,33-38H2,1-13H3. The van der Waals surface area contributed by atoms with Crippen LogP contribution in [-0.2, 0) is 32.5 Å². The van der Waals surface area contributed by atoms with Gasteiger partial charge in [-0.05, 0) is 211 Å². The predicted octanol–water partition coefficient (Wildman–Crippen LogP) is 18.3.